The molecule has 0 aliphatic carbocycles. The highest BCUT2D eigenvalue weighted by Crippen LogP contribution is 2.39. The summed E-state index contributed by atoms with van der Waals surface area (Å²) < 4.78 is 44.5. The molecule has 3 heterocycles. The highest BCUT2D eigenvalue weighted by atomic mass is 19.4. The van der Waals surface area contributed by atoms with Gasteiger partial charge in [0.25, 0.3) is 5.91 Å². The number of imidazole rings is 1. The number of alkyl halides is 3. The van der Waals surface area contributed by atoms with E-state index in [0.29, 0.717) is 16.9 Å². The highest BCUT2D eigenvalue weighted by molar-refractivity contribution is 6.00. The summed E-state index contributed by atoms with van der Waals surface area (Å²) in [7, 11) is 0. The van der Waals surface area contributed by atoms with Crippen LogP contribution in [0.4, 0.5) is 19.0 Å². The highest BCUT2D eigenvalue weighted by Gasteiger charge is 2.47. The minimum Gasteiger partial charge on any atom is -0.430 e. The number of benzene rings is 1. The minimum absolute atomic E-state index is 0.140. The lowest BCUT2D eigenvalue weighted by Gasteiger charge is -2.28. The third-order valence-electron chi connectivity index (χ3n) is 4.67. The fourth-order valence-electron chi connectivity index (χ4n) is 3.34. The van der Waals surface area contributed by atoms with Crippen molar-refractivity contribution < 1.29 is 27.5 Å². The number of nitrogen functional groups attached to an aromatic ring is 1. The maximum Gasteiger partial charge on any atom is 0.491 e. The van der Waals surface area contributed by atoms with E-state index in [9.17, 15) is 22.8 Å². The third kappa shape index (κ3) is 3.00. The van der Waals surface area contributed by atoms with Gasteiger partial charge < -0.3 is 10.5 Å². The van der Waals surface area contributed by atoms with Gasteiger partial charge in [-0.2, -0.15) is 18.3 Å². The third-order valence-corrected chi connectivity index (χ3v) is 4.67. The molecule has 30 heavy (non-hydrogen) atoms. The van der Waals surface area contributed by atoms with Crippen LogP contribution in [0.3, 0.4) is 0 Å². The molecule has 1 aromatic carbocycles. The van der Waals surface area contributed by atoms with E-state index in [-0.39, 0.29) is 16.9 Å². The molecule has 0 saturated carbocycles. The predicted octanol–water partition coefficient (Wildman–Crippen LogP) is 2.34. The number of hydrogen-bond acceptors (Lipinski definition) is 7. The first-order valence-corrected chi connectivity index (χ1v) is 8.78. The van der Waals surface area contributed by atoms with E-state index in [1.165, 1.54) is 29.2 Å². The Labute approximate surface area is 167 Å². The van der Waals surface area contributed by atoms with E-state index in [1.807, 2.05) is 0 Å². The molecule has 2 aromatic heterocycles. The smallest absolute Gasteiger partial charge is 0.430 e. The van der Waals surface area contributed by atoms with Gasteiger partial charge in [-0.25, -0.2) is 19.3 Å². The summed E-state index contributed by atoms with van der Waals surface area (Å²) in [5.41, 5.74) is 7.32. The molecule has 9 nitrogen and oxygen atoms in total. The molecule has 1 amide bonds. The van der Waals surface area contributed by atoms with Crippen LogP contribution in [-0.2, 0) is 9.53 Å². The number of anilines is 1. The Hall–Kier alpha value is -3.70. The van der Waals surface area contributed by atoms with Crippen LogP contribution in [0.1, 0.15) is 36.0 Å². The average Bonchev–Trinajstić information content (AvgIpc) is 3.21. The summed E-state index contributed by atoms with van der Waals surface area (Å²) in [6.07, 6.45) is -4.00. The molecule has 4 rings (SSSR count). The van der Waals surface area contributed by atoms with Crippen molar-refractivity contribution in [3.8, 4) is 11.3 Å². The van der Waals surface area contributed by atoms with Gasteiger partial charge in [-0.1, -0.05) is 6.07 Å². The summed E-state index contributed by atoms with van der Waals surface area (Å²) in [6, 6.07) is 4.03. The molecule has 3 aromatic rings. The largest absolute Gasteiger partial charge is 0.491 e. The molecule has 1 aliphatic rings. The second-order valence-electron chi connectivity index (χ2n) is 6.89. The number of halogens is 3. The molecule has 1 atom stereocenters. The Kier molecular flexibility index (Phi) is 4.36. The number of carbonyl (C=O) groups excluding carboxylic acids is 2. The summed E-state index contributed by atoms with van der Waals surface area (Å²) >= 11 is 0. The number of esters is 1. The van der Waals surface area contributed by atoms with Crippen LogP contribution in [0, 0.1) is 0 Å². The number of ether oxygens (including phenoxy) is 1. The Balaban J connectivity index is 1.82. The first-order valence-electron chi connectivity index (χ1n) is 8.78. The van der Waals surface area contributed by atoms with Gasteiger partial charge in [-0.05, 0) is 26.0 Å². The van der Waals surface area contributed by atoms with Gasteiger partial charge in [0.1, 0.15) is 6.33 Å². The maximum atomic E-state index is 12.8. The number of nitrogens with two attached hydrogens (primary N) is 1. The number of hydrogen-bond donors (Lipinski definition) is 1. The van der Waals surface area contributed by atoms with Crippen molar-refractivity contribution in [2.24, 2.45) is 0 Å². The van der Waals surface area contributed by atoms with Gasteiger partial charge in [-0.3, -0.25) is 9.69 Å². The van der Waals surface area contributed by atoms with Crippen molar-refractivity contribution in [3.63, 3.8) is 0 Å². The van der Waals surface area contributed by atoms with Crippen LogP contribution < -0.4 is 5.73 Å². The number of rotatable bonds is 3. The second kappa shape index (κ2) is 6.68. The lowest BCUT2D eigenvalue weighted by molar-refractivity contribution is -0.211. The standard InChI is InChI=1S/C18H15F3N6O3/c1-8(2)26-15(28)10-4-3-9(5-11(10)16(26)30-17(29)18(19,20)21)12-6-23-14-13(22)24-7-25-27(12)14/h3-8,16H,1-2H3,(H2,22,24,25). The van der Waals surface area contributed by atoms with Crippen LogP contribution >= 0.6 is 0 Å². The summed E-state index contributed by atoms with van der Waals surface area (Å²) in [5, 5.41) is 4.08. The van der Waals surface area contributed by atoms with E-state index in [0.717, 1.165) is 4.90 Å². The number of amides is 1. The molecular formula is C18H15F3N6O3. The van der Waals surface area contributed by atoms with Gasteiger partial charge in [0.15, 0.2) is 11.5 Å². The lowest BCUT2D eigenvalue weighted by atomic mass is 10.0. The van der Waals surface area contributed by atoms with E-state index in [1.54, 1.807) is 19.9 Å². The van der Waals surface area contributed by atoms with Gasteiger partial charge in [0.2, 0.25) is 6.23 Å². The van der Waals surface area contributed by atoms with E-state index >= 15 is 0 Å². The topological polar surface area (TPSA) is 116 Å². The summed E-state index contributed by atoms with van der Waals surface area (Å²) in [5.74, 6) is -2.76. The molecule has 0 saturated heterocycles. The van der Waals surface area contributed by atoms with Gasteiger partial charge >= 0.3 is 12.1 Å². The van der Waals surface area contributed by atoms with Crippen LogP contribution in [0.2, 0.25) is 0 Å². The number of aromatic nitrogens is 4. The van der Waals surface area contributed by atoms with Crippen molar-refractivity contribution in [1.29, 1.82) is 0 Å². The second-order valence-corrected chi connectivity index (χ2v) is 6.89. The normalized spacial score (nSPS) is 16.4. The van der Waals surface area contributed by atoms with Gasteiger partial charge in [0, 0.05) is 22.7 Å². The molecule has 0 bridgehead atoms. The fraction of sp³-hybridized carbons (Fsp3) is 0.278. The average molecular weight is 420 g/mol. The number of carbonyl (C=O) groups is 2. The van der Waals surface area contributed by atoms with Crippen molar-refractivity contribution in [2.45, 2.75) is 32.3 Å². The maximum absolute atomic E-state index is 12.8. The zero-order valence-electron chi connectivity index (χ0n) is 15.7. The Bertz CT molecular complexity index is 1170. The van der Waals surface area contributed by atoms with E-state index < -0.39 is 30.3 Å². The van der Waals surface area contributed by atoms with Crippen molar-refractivity contribution in [1.82, 2.24) is 24.5 Å². The predicted molar refractivity (Wildman–Crippen MR) is 96.8 cm³/mol. The van der Waals surface area contributed by atoms with Crippen molar-refractivity contribution in [2.75, 3.05) is 5.73 Å². The van der Waals surface area contributed by atoms with Crippen LogP contribution in [0.15, 0.2) is 30.7 Å². The Morgan fingerprint density at radius 1 is 1.27 bits per heavy atom. The molecule has 2 N–H and O–H groups in total. The van der Waals surface area contributed by atoms with E-state index in [4.69, 9.17) is 10.5 Å². The molecule has 12 heteroatoms. The fourth-order valence-corrected chi connectivity index (χ4v) is 3.34. The van der Waals surface area contributed by atoms with Gasteiger partial charge in [-0.15, -0.1) is 0 Å². The zero-order chi connectivity index (χ0) is 21.8. The minimum atomic E-state index is -5.19. The SMILES string of the molecule is CC(C)N1C(=O)c2ccc(-c3cnc4c(N)ncnn34)cc2C1OC(=O)C(F)(F)F. The molecule has 1 unspecified atom stereocenters. The number of fused-ring (bicyclic) bond motifs is 2. The Morgan fingerprint density at radius 2 is 2.00 bits per heavy atom. The number of nitrogens with zero attached hydrogens (tertiary/aromatic N) is 5. The van der Waals surface area contributed by atoms with E-state index in [2.05, 4.69) is 15.1 Å². The first-order chi connectivity index (χ1) is 14.1. The quantitative estimate of drug-likeness (QED) is 0.647. The van der Waals surface area contributed by atoms with Crippen molar-refractivity contribution >= 4 is 23.3 Å². The summed E-state index contributed by atoms with van der Waals surface area (Å²) in [4.78, 5) is 33.3. The van der Waals surface area contributed by atoms with Crippen molar-refractivity contribution in [3.05, 3.63) is 41.9 Å². The summed E-state index contributed by atoms with van der Waals surface area (Å²) in [6.45, 7) is 3.23. The van der Waals surface area contributed by atoms with Crippen LogP contribution in [0.25, 0.3) is 16.9 Å². The monoisotopic (exact) mass is 420 g/mol. The zero-order valence-corrected chi connectivity index (χ0v) is 15.7. The molecule has 0 spiro atoms. The first kappa shape index (κ1) is 19.6. The molecule has 0 fully saturated rings. The van der Waals surface area contributed by atoms with Gasteiger partial charge in [0.05, 0.1) is 11.9 Å². The van der Waals surface area contributed by atoms with Crippen LogP contribution in [-0.4, -0.2) is 48.6 Å². The molecule has 156 valence electrons. The van der Waals surface area contributed by atoms with Crippen LogP contribution in [0.5, 0.6) is 0 Å². The molecular weight excluding hydrogens is 405 g/mol. The lowest BCUT2D eigenvalue weighted by Crippen LogP contribution is -2.38. The Morgan fingerprint density at radius 3 is 2.67 bits per heavy atom. The molecule has 0 radical (unpaired) electrons. The molecule has 1 aliphatic heterocycles.